The Morgan fingerprint density at radius 3 is 1.18 bits per heavy atom. The van der Waals surface area contributed by atoms with Crippen molar-refractivity contribution in [2.24, 2.45) is 0 Å². The summed E-state index contributed by atoms with van der Waals surface area (Å²) >= 11 is 0. The van der Waals surface area contributed by atoms with Crippen molar-refractivity contribution < 1.29 is 9.47 Å². The minimum absolute atomic E-state index is 0.737. The zero-order valence-corrected chi connectivity index (χ0v) is 25.5. The molecule has 0 N–H and O–H groups in total. The summed E-state index contributed by atoms with van der Waals surface area (Å²) in [5, 5.41) is 0. The van der Waals surface area contributed by atoms with Crippen LogP contribution in [0.2, 0.25) is 0 Å². The summed E-state index contributed by atoms with van der Waals surface area (Å²) in [6.07, 6.45) is 38.1. The Morgan fingerprint density at radius 2 is 0.816 bits per heavy atom. The van der Waals surface area contributed by atoms with Gasteiger partial charge in [-0.1, -0.05) is 161 Å². The minimum Gasteiger partial charge on any atom is -0.490 e. The van der Waals surface area contributed by atoms with Crippen molar-refractivity contribution in [2.45, 2.75) is 168 Å². The first kappa shape index (κ1) is 34.4. The third-order valence-corrected chi connectivity index (χ3v) is 7.62. The first-order valence-electron chi connectivity index (χ1n) is 16.7. The number of benzene rings is 1. The molecule has 0 heterocycles. The molecule has 2 nitrogen and oxygen atoms in total. The smallest absolute Gasteiger partial charge is 0.162 e. The maximum Gasteiger partial charge on any atom is 0.162 e. The Hall–Kier alpha value is -1.62. The molecule has 0 saturated carbocycles. The van der Waals surface area contributed by atoms with Crippen LogP contribution in [-0.2, 0) is 0 Å². The van der Waals surface area contributed by atoms with Crippen LogP contribution in [0.5, 0.6) is 11.5 Å². The highest BCUT2D eigenvalue weighted by Gasteiger charge is 2.07. The van der Waals surface area contributed by atoms with E-state index in [1.807, 2.05) is 18.2 Å². The van der Waals surface area contributed by atoms with Crippen LogP contribution in [0.4, 0.5) is 0 Å². The van der Waals surface area contributed by atoms with Gasteiger partial charge >= 0.3 is 0 Å². The van der Waals surface area contributed by atoms with Gasteiger partial charge in [-0.15, -0.1) is 6.42 Å². The molecule has 218 valence electrons. The predicted octanol–water partition coefficient (Wildman–Crippen LogP) is 11.8. The highest BCUT2D eigenvalue weighted by molar-refractivity contribution is 5.47. The van der Waals surface area contributed by atoms with Crippen molar-refractivity contribution in [3.63, 3.8) is 0 Å². The van der Waals surface area contributed by atoms with Gasteiger partial charge in [-0.05, 0) is 31.0 Å². The highest BCUT2D eigenvalue weighted by Crippen LogP contribution is 2.29. The average Bonchev–Trinajstić information content (AvgIpc) is 2.94. The Morgan fingerprint density at radius 1 is 0.474 bits per heavy atom. The van der Waals surface area contributed by atoms with E-state index in [1.165, 1.54) is 141 Å². The van der Waals surface area contributed by atoms with E-state index in [4.69, 9.17) is 15.9 Å². The molecule has 1 aromatic carbocycles. The van der Waals surface area contributed by atoms with E-state index in [2.05, 4.69) is 19.8 Å². The molecule has 0 amide bonds. The fraction of sp³-hybridized carbons (Fsp3) is 0.778. The molecule has 1 aromatic rings. The van der Waals surface area contributed by atoms with E-state index in [0.717, 1.165) is 43.1 Å². The first-order valence-corrected chi connectivity index (χ1v) is 16.7. The van der Waals surface area contributed by atoms with Crippen molar-refractivity contribution in [3.05, 3.63) is 23.8 Å². The molecule has 0 spiro atoms. The molecule has 1 rings (SSSR count). The molecule has 0 saturated heterocycles. The fourth-order valence-corrected chi connectivity index (χ4v) is 5.08. The molecule has 0 radical (unpaired) electrons. The normalized spacial score (nSPS) is 11.0. The van der Waals surface area contributed by atoms with Crippen molar-refractivity contribution in [3.8, 4) is 23.8 Å². The van der Waals surface area contributed by atoms with Crippen LogP contribution < -0.4 is 9.47 Å². The third kappa shape index (κ3) is 20.4. The summed E-state index contributed by atoms with van der Waals surface area (Å²) < 4.78 is 12.2. The lowest BCUT2D eigenvalue weighted by molar-refractivity contribution is 0.258. The van der Waals surface area contributed by atoms with Gasteiger partial charge in [0.15, 0.2) is 11.5 Å². The number of unbranched alkanes of at least 4 members (excludes halogenated alkanes) is 22. The Bertz CT molecular complexity index is 674. The zero-order chi connectivity index (χ0) is 27.4. The molecule has 0 fully saturated rings. The van der Waals surface area contributed by atoms with E-state index in [1.54, 1.807) is 0 Å². The van der Waals surface area contributed by atoms with Crippen LogP contribution in [0, 0.1) is 12.3 Å². The van der Waals surface area contributed by atoms with Crippen molar-refractivity contribution in [1.82, 2.24) is 0 Å². The van der Waals surface area contributed by atoms with Gasteiger partial charge in [-0.3, -0.25) is 0 Å². The van der Waals surface area contributed by atoms with Crippen LogP contribution >= 0.6 is 0 Å². The van der Waals surface area contributed by atoms with E-state index < -0.39 is 0 Å². The van der Waals surface area contributed by atoms with Gasteiger partial charge < -0.3 is 9.47 Å². The molecule has 38 heavy (non-hydrogen) atoms. The summed E-state index contributed by atoms with van der Waals surface area (Å²) in [5.74, 6) is 4.37. The van der Waals surface area contributed by atoms with E-state index in [-0.39, 0.29) is 0 Å². The van der Waals surface area contributed by atoms with Gasteiger partial charge in [-0.2, -0.15) is 0 Å². The Kier molecular flexibility index (Phi) is 24.4. The summed E-state index contributed by atoms with van der Waals surface area (Å²) in [6.45, 7) is 6.06. The summed E-state index contributed by atoms with van der Waals surface area (Å²) in [4.78, 5) is 0. The Labute approximate surface area is 238 Å². The predicted molar refractivity (Wildman–Crippen MR) is 168 cm³/mol. The average molecular weight is 527 g/mol. The zero-order valence-electron chi connectivity index (χ0n) is 25.5. The molecule has 2 heteroatoms. The lowest BCUT2D eigenvalue weighted by atomic mass is 10.1. The monoisotopic (exact) mass is 526 g/mol. The molecule has 0 aliphatic heterocycles. The maximum atomic E-state index is 6.11. The van der Waals surface area contributed by atoms with Crippen LogP contribution in [0.25, 0.3) is 0 Å². The maximum absolute atomic E-state index is 6.11. The molecule has 0 bridgehead atoms. The minimum atomic E-state index is 0.737. The van der Waals surface area contributed by atoms with Crippen LogP contribution in [-0.4, -0.2) is 13.2 Å². The highest BCUT2D eigenvalue weighted by atomic mass is 16.5. The van der Waals surface area contributed by atoms with Gasteiger partial charge in [0.25, 0.3) is 0 Å². The van der Waals surface area contributed by atoms with E-state index in [0.29, 0.717) is 0 Å². The molecular weight excluding hydrogens is 464 g/mol. The van der Waals surface area contributed by atoms with Gasteiger partial charge in [0.05, 0.1) is 13.2 Å². The van der Waals surface area contributed by atoms with Crippen LogP contribution in [0.1, 0.15) is 174 Å². The van der Waals surface area contributed by atoms with E-state index >= 15 is 0 Å². The summed E-state index contributed by atoms with van der Waals surface area (Å²) in [5.41, 5.74) is 0.854. The standard InChI is InChI=1S/C36H62O2/c1-4-7-9-11-13-15-17-19-21-23-25-27-31-37-35-30-29-34(6-3)33-36(35)38-32-28-26-24-22-20-18-16-14-12-10-8-5-2/h3,29-30,33H,4-5,7-28,31-32H2,1-2H3. The topological polar surface area (TPSA) is 18.5 Å². The van der Waals surface area contributed by atoms with Crippen molar-refractivity contribution >= 4 is 0 Å². The fourth-order valence-electron chi connectivity index (χ4n) is 5.08. The SMILES string of the molecule is C#Cc1ccc(OCCCCCCCCCCCCCC)c(OCCCCCCCCCCCCCC)c1. The Balaban J connectivity index is 2.08. The lowest BCUT2D eigenvalue weighted by Gasteiger charge is -2.13. The number of hydrogen-bond acceptors (Lipinski definition) is 2. The molecule has 0 aliphatic rings. The molecule has 0 unspecified atom stereocenters. The number of rotatable bonds is 28. The largest absolute Gasteiger partial charge is 0.490 e. The second-order valence-corrected chi connectivity index (χ2v) is 11.3. The first-order chi connectivity index (χ1) is 18.8. The number of terminal acetylenes is 1. The van der Waals surface area contributed by atoms with Gasteiger partial charge in [0.1, 0.15) is 0 Å². The number of hydrogen-bond donors (Lipinski definition) is 0. The lowest BCUT2D eigenvalue weighted by Crippen LogP contribution is -2.03. The second kappa shape index (κ2) is 27.0. The van der Waals surface area contributed by atoms with Crippen molar-refractivity contribution in [1.29, 1.82) is 0 Å². The summed E-state index contributed by atoms with van der Waals surface area (Å²) in [6, 6.07) is 5.89. The van der Waals surface area contributed by atoms with Crippen LogP contribution in [0.3, 0.4) is 0 Å². The van der Waals surface area contributed by atoms with E-state index in [9.17, 15) is 0 Å². The third-order valence-electron chi connectivity index (χ3n) is 7.62. The molecule has 0 aromatic heterocycles. The quantitative estimate of drug-likeness (QED) is 0.0798. The second-order valence-electron chi connectivity index (χ2n) is 11.3. The van der Waals surface area contributed by atoms with Crippen molar-refractivity contribution in [2.75, 3.05) is 13.2 Å². The molecule has 0 atom stereocenters. The summed E-state index contributed by atoms with van der Waals surface area (Å²) in [7, 11) is 0. The van der Waals surface area contributed by atoms with Crippen LogP contribution in [0.15, 0.2) is 18.2 Å². The van der Waals surface area contributed by atoms with Gasteiger partial charge in [0.2, 0.25) is 0 Å². The number of ether oxygens (including phenoxy) is 2. The van der Waals surface area contributed by atoms with Gasteiger partial charge in [0, 0.05) is 5.56 Å². The van der Waals surface area contributed by atoms with Gasteiger partial charge in [-0.25, -0.2) is 0 Å². The molecule has 0 aliphatic carbocycles. The molecular formula is C36H62O2.